The van der Waals surface area contributed by atoms with Crippen LogP contribution in [0.3, 0.4) is 0 Å². The van der Waals surface area contributed by atoms with Crippen LogP contribution in [0.2, 0.25) is 0 Å². The van der Waals surface area contributed by atoms with E-state index >= 15 is 0 Å². The molecule has 1 N–H and O–H groups in total. The van der Waals surface area contributed by atoms with E-state index < -0.39 is 11.6 Å². The van der Waals surface area contributed by atoms with Gasteiger partial charge in [-0.15, -0.1) is 11.3 Å². The van der Waals surface area contributed by atoms with Crippen LogP contribution in [0.4, 0.5) is 13.8 Å². The molecule has 2 aliphatic rings. The minimum atomic E-state index is -0.459. The van der Waals surface area contributed by atoms with Gasteiger partial charge >= 0.3 is 0 Å². The minimum absolute atomic E-state index is 0.0374. The number of nitrogens with one attached hydrogen (secondary N) is 1. The molecule has 2 aromatic rings. The van der Waals surface area contributed by atoms with Crippen LogP contribution < -0.4 is 10.2 Å². The predicted octanol–water partition coefficient (Wildman–Crippen LogP) is 3.28. The summed E-state index contributed by atoms with van der Waals surface area (Å²) in [6.07, 6.45) is 0.728. The number of halogens is 2. The fourth-order valence-corrected chi connectivity index (χ4v) is 4.38. The van der Waals surface area contributed by atoms with E-state index in [-0.39, 0.29) is 17.5 Å². The zero-order chi connectivity index (χ0) is 18.1. The average Bonchev–Trinajstić information content (AvgIpc) is 3.17. The molecule has 0 bridgehead atoms. The van der Waals surface area contributed by atoms with Crippen molar-refractivity contribution in [2.45, 2.75) is 18.4 Å². The maximum Gasteiger partial charge on any atom is 0.194 e. The van der Waals surface area contributed by atoms with Crippen LogP contribution in [-0.4, -0.2) is 50.1 Å². The highest BCUT2D eigenvalue weighted by atomic mass is 32.1. The maximum atomic E-state index is 14.0. The Morgan fingerprint density at radius 1 is 1.12 bits per heavy atom. The fraction of sp³-hybridized carbons (Fsp3) is 0.421. The SMILES string of the molecule is CN=C(NC1CC1c1c(F)cccc1F)N1CCN(c2cccs2)CC1. The van der Waals surface area contributed by atoms with Crippen molar-refractivity contribution in [2.75, 3.05) is 38.1 Å². The molecule has 26 heavy (non-hydrogen) atoms. The number of benzene rings is 1. The van der Waals surface area contributed by atoms with Crippen molar-refractivity contribution in [3.05, 3.63) is 52.9 Å². The van der Waals surface area contributed by atoms with Crippen molar-refractivity contribution in [3.63, 3.8) is 0 Å². The zero-order valence-electron chi connectivity index (χ0n) is 14.7. The van der Waals surface area contributed by atoms with Crippen molar-refractivity contribution in [2.24, 2.45) is 4.99 Å². The Bertz CT molecular complexity index is 765. The molecule has 1 aliphatic heterocycles. The number of piperazine rings is 1. The Hall–Kier alpha value is -2.15. The van der Waals surface area contributed by atoms with Gasteiger partial charge in [-0.2, -0.15) is 0 Å². The Morgan fingerprint density at radius 2 is 1.85 bits per heavy atom. The monoisotopic (exact) mass is 376 g/mol. The Morgan fingerprint density at radius 3 is 2.46 bits per heavy atom. The number of nitrogens with zero attached hydrogens (tertiary/aromatic N) is 3. The van der Waals surface area contributed by atoms with E-state index in [2.05, 4.69) is 37.6 Å². The quantitative estimate of drug-likeness (QED) is 0.659. The first-order chi connectivity index (χ1) is 12.7. The highest BCUT2D eigenvalue weighted by Crippen LogP contribution is 2.43. The van der Waals surface area contributed by atoms with Gasteiger partial charge in [0.25, 0.3) is 0 Å². The summed E-state index contributed by atoms with van der Waals surface area (Å²) in [5, 5.41) is 6.78. The first-order valence-corrected chi connectivity index (χ1v) is 9.76. The molecule has 0 amide bonds. The smallest absolute Gasteiger partial charge is 0.194 e. The lowest BCUT2D eigenvalue weighted by atomic mass is 10.1. The molecule has 2 unspecified atom stereocenters. The average molecular weight is 376 g/mol. The van der Waals surface area contributed by atoms with Crippen LogP contribution in [0, 0.1) is 11.6 Å². The summed E-state index contributed by atoms with van der Waals surface area (Å²) in [7, 11) is 1.76. The predicted molar refractivity (Wildman–Crippen MR) is 102 cm³/mol. The van der Waals surface area contributed by atoms with Gasteiger partial charge < -0.3 is 15.1 Å². The van der Waals surface area contributed by atoms with E-state index in [0.717, 1.165) is 38.6 Å². The number of guanidine groups is 1. The van der Waals surface area contributed by atoms with E-state index in [1.807, 2.05) is 0 Å². The van der Waals surface area contributed by atoms with Crippen LogP contribution in [0.25, 0.3) is 0 Å². The molecular weight excluding hydrogens is 354 g/mol. The molecule has 2 heterocycles. The van der Waals surface area contributed by atoms with Gasteiger partial charge in [0.2, 0.25) is 0 Å². The highest BCUT2D eigenvalue weighted by Gasteiger charge is 2.43. The number of hydrogen-bond donors (Lipinski definition) is 1. The lowest BCUT2D eigenvalue weighted by molar-refractivity contribution is 0.372. The van der Waals surface area contributed by atoms with Crippen molar-refractivity contribution >= 4 is 22.3 Å². The van der Waals surface area contributed by atoms with Crippen LogP contribution in [0.5, 0.6) is 0 Å². The topological polar surface area (TPSA) is 30.9 Å². The van der Waals surface area contributed by atoms with E-state index in [1.165, 1.54) is 23.2 Å². The molecule has 7 heteroatoms. The molecule has 2 atom stereocenters. The van der Waals surface area contributed by atoms with Gasteiger partial charge in [-0.3, -0.25) is 4.99 Å². The number of aliphatic imine (C=N–C) groups is 1. The maximum absolute atomic E-state index is 14.0. The fourth-order valence-electron chi connectivity index (χ4n) is 3.59. The molecule has 1 aromatic carbocycles. The molecule has 1 aromatic heterocycles. The van der Waals surface area contributed by atoms with Gasteiger partial charge in [0.05, 0.1) is 5.00 Å². The summed E-state index contributed by atoms with van der Waals surface area (Å²) in [6, 6.07) is 8.31. The first kappa shape index (κ1) is 17.3. The summed E-state index contributed by atoms with van der Waals surface area (Å²) in [5.74, 6) is -0.224. The summed E-state index contributed by atoms with van der Waals surface area (Å²) >= 11 is 1.76. The molecule has 1 aliphatic carbocycles. The normalized spacial score (nSPS) is 23.3. The van der Waals surface area contributed by atoms with Gasteiger partial charge in [0.15, 0.2) is 5.96 Å². The summed E-state index contributed by atoms with van der Waals surface area (Å²) in [4.78, 5) is 8.98. The number of hydrogen-bond acceptors (Lipinski definition) is 3. The molecule has 0 spiro atoms. The largest absolute Gasteiger partial charge is 0.360 e. The Labute approximate surface area is 156 Å². The molecule has 1 saturated carbocycles. The molecule has 4 rings (SSSR count). The summed E-state index contributed by atoms with van der Waals surface area (Å²) in [5.41, 5.74) is 0.197. The third kappa shape index (κ3) is 3.40. The molecule has 2 fully saturated rings. The van der Waals surface area contributed by atoms with Crippen molar-refractivity contribution in [3.8, 4) is 0 Å². The second-order valence-corrected chi connectivity index (χ2v) is 7.63. The second-order valence-electron chi connectivity index (χ2n) is 6.70. The zero-order valence-corrected chi connectivity index (χ0v) is 15.5. The van der Waals surface area contributed by atoms with Gasteiger partial charge in [0, 0.05) is 50.7 Å². The van der Waals surface area contributed by atoms with Crippen LogP contribution in [-0.2, 0) is 0 Å². The van der Waals surface area contributed by atoms with Gasteiger partial charge in [0.1, 0.15) is 11.6 Å². The third-order valence-electron chi connectivity index (χ3n) is 5.08. The Balaban J connectivity index is 1.35. The van der Waals surface area contributed by atoms with Gasteiger partial charge in [-0.1, -0.05) is 6.07 Å². The third-order valence-corrected chi connectivity index (χ3v) is 6.01. The molecule has 1 saturated heterocycles. The first-order valence-electron chi connectivity index (χ1n) is 8.88. The number of thiophene rings is 1. The lowest BCUT2D eigenvalue weighted by Gasteiger charge is -2.37. The number of anilines is 1. The number of rotatable bonds is 3. The Kier molecular flexibility index (Phi) is 4.80. The van der Waals surface area contributed by atoms with E-state index in [0.29, 0.717) is 0 Å². The summed E-state index contributed by atoms with van der Waals surface area (Å²) < 4.78 is 27.9. The minimum Gasteiger partial charge on any atom is -0.360 e. The van der Waals surface area contributed by atoms with E-state index in [9.17, 15) is 8.78 Å². The van der Waals surface area contributed by atoms with Gasteiger partial charge in [-0.05, 0) is 36.1 Å². The van der Waals surface area contributed by atoms with Crippen molar-refractivity contribution in [1.82, 2.24) is 10.2 Å². The van der Waals surface area contributed by atoms with E-state index in [4.69, 9.17) is 0 Å². The van der Waals surface area contributed by atoms with Crippen LogP contribution >= 0.6 is 11.3 Å². The molecular formula is C19H22F2N4S. The van der Waals surface area contributed by atoms with Crippen molar-refractivity contribution in [1.29, 1.82) is 0 Å². The van der Waals surface area contributed by atoms with Crippen LogP contribution in [0.15, 0.2) is 40.7 Å². The standard InChI is InChI=1S/C19H22F2N4S/c1-22-19(25-9-7-24(8-10-25)17-6-3-11-26-17)23-16-12-13(16)18-14(20)4-2-5-15(18)21/h2-6,11,13,16H,7-10,12H2,1H3,(H,22,23). The molecule has 0 radical (unpaired) electrons. The van der Waals surface area contributed by atoms with Crippen LogP contribution in [0.1, 0.15) is 17.9 Å². The summed E-state index contributed by atoms with van der Waals surface area (Å²) in [6.45, 7) is 3.64. The van der Waals surface area contributed by atoms with E-state index in [1.54, 1.807) is 18.4 Å². The molecule has 4 nitrogen and oxygen atoms in total. The van der Waals surface area contributed by atoms with Gasteiger partial charge in [-0.25, -0.2) is 8.78 Å². The second kappa shape index (κ2) is 7.23. The lowest BCUT2D eigenvalue weighted by Crippen LogP contribution is -2.53. The van der Waals surface area contributed by atoms with Crippen molar-refractivity contribution < 1.29 is 8.78 Å². The molecule has 138 valence electrons. The highest BCUT2D eigenvalue weighted by molar-refractivity contribution is 7.14.